The van der Waals surface area contributed by atoms with E-state index in [0.29, 0.717) is 23.0 Å². The standard InChI is InChI=1S/C41H34N4O2.Pt/c1-40(2,3)26-19-17-25(18-20-26)30-14-10-16-35(42-30)47-39-29(41(4,5)6)21-22-31(44-39)27-11-9-12-28-36-34(46-37(27)28)23-24-45-33-15-8-7-13-32(33)43-38(36)45;/h7-10,12-17,19-24H,1-6H3;/q-2;+2. The van der Waals surface area contributed by atoms with Gasteiger partial charge in [0.2, 0.25) is 11.8 Å². The van der Waals surface area contributed by atoms with E-state index in [0.717, 1.165) is 55.4 Å². The maximum Gasteiger partial charge on any atom is 2.00 e. The summed E-state index contributed by atoms with van der Waals surface area (Å²) in [7, 11) is 0. The summed E-state index contributed by atoms with van der Waals surface area (Å²) in [5.74, 6) is 0.959. The van der Waals surface area contributed by atoms with Gasteiger partial charge in [-0.3, -0.25) is 14.4 Å². The third kappa shape index (κ3) is 5.48. The summed E-state index contributed by atoms with van der Waals surface area (Å²) in [5, 5.41) is 1.92. The monoisotopic (exact) mass is 809 g/mol. The van der Waals surface area contributed by atoms with Gasteiger partial charge in [0.15, 0.2) is 0 Å². The Bertz CT molecular complexity index is 2460. The van der Waals surface area contributed by atoms with Crippen LogP contribution >= 0.6 is 0 Å². The molecule has 7 heteroatoms. The van der Waals surface area contributed by atoms with Crippen molar-refractivity contribution in [3.63, 3.8) is 0 Å². The summed E-state index contributed by atoms with van der Waals surface area (Å²) in [6.45, 7) is 13.0. The zero-order valence-electron chi connectivity index (χ0n) is 27.7. The van der Waals surface area contributed by atoms with Crippen LogP contribution in [0.25, 0.3) is 61.1 Å². The van der Waals surface area contributed by atoms with E-state index in [9.17, 15) is 0 Å². The average molecular weight is 810 g/mol. The van der Waals surface area contributed by atoms with Gasteiger partial charge in [0.1, 0.15) is 11.2 Å². The third-order valence-corrected chi connectivity index (χ3v) is 8.68. The van der Waals surface area contributed by atoms with Crippen LogP contribution in [0.5, 0.6) is 11.8 Å². The molecule has 8 rings (SSSR count). The predicted molar refractivity (Wildman–Crippen MR) is 188 cm³/mol. The average Bonchev–Trinajstić information content (AvgIpc) is 3.62. The van der Waals surface area contributed by atoms with Crippen LogP contribution in [0.1, 0.15) is 52.7 Å². The van der Waals surface area contributed by atoms with Gasteiger partial charge in [0.05, 0.1) is 22.0 Å². The molecule has 5 heterocycles. The largest absolute Gasteiger partial charge is 2.00 e. The fraction of sp³-hybridized carbons (Fsp3) is 0.195. The summed E-state index contributed by atoms with van der Waals surface area (Å²) in [6.07, 6.45) is 2.01. The van der Waals surface area contributed by atoms with Crippen molar-refractivity contribution in [1.82, 2.24) is 19.4 Å². The van der Waals surface area contributed by atoms with Crippen molar-refractivity contribution in [2.75, 3.05) is 0 Å². The molecule has 6 nitrogen and oxygen atoms in total. The van der Waals surface area contributed by atoms with Crippen LogP contribution in [0.2, 0.25) is 0 Å². The van der Waals surface area contributed by atoms with Crippen LogP contribution in [0.4, 0.5) is 0 Å². The van der Waals surface area contributed by atoms with Crippen LogP contribution in [0.3, 0.4) is 0 Å². The first-order valence-electron chi connectivity index (χ1n) is 15.9. The molecule has 0 aliphatic rings. The number of aromatic nitrogens is 4. The number of rotatable bonds is 4. The van der Waals surface area contributed by atoms with Gasteiger partial charge in [-0.25, -0.2) is 4.98 Å². The quantitative estimate of drug-likeness (QED) is 0.166. The van der Waals surface area contributed by atoms with Gasteiger partial charge in [-0.2, -0.15) is 0 Å². The normalized spacial score (nSPS) is 12.2. The van der Waals surface area contributed by atoms with Crippen molar-refractivity contribution in [2.24, 2.45) is 0 Å². The number of furan rings is 1. The number of hydrogen-bond donors (Lipinski definition) is 0. The second-order valence-corrected chi connectivity index (χ2v) is 14.1. The van der Waals surface area contributed by atoms with Crippen LogP contribution in [0, 0.1) is 12.1 Å². The summed E-state index contributed by atoms with van der Waals surface area (Å²) in [4.78, 5) is 14.9. The van der Waals surface area contributed by atoms with Gasteiger partial charge >= 0.3 is 21.1 Å². The molecule has 0 aliphatic carbocycles. The fourth-order valence-corrected chi connectivity index (χ4v) is 6.13. The van der Waals surface area contributed by atoms with Crippen molar-refractivity contribution in [1.29, 1.82) is 0 Å². The Morgan fingerprint density at radius 1 is 0.750 bits per heavy atom. The van der Waals surface area contributed by atoms with E-state index in [2.05, 4.69) is 82.3 Å². The second kappa shape index (κ2) is 11.7. The van der Waals surface area contributed by atoms with Crippen molar-refractivity contribution < 1.29 is 30.2 Å². The van der Waals surface area contributed by atoms with Crippen LogP contribution in [0.15, 0.2) is 102 Å². The van der Waals surface area contributed by atoms with Crippen LogP contribution < -0.4 is 4.74 Å². The van der Waals surface area contributed by atoms with Crippen LogP contribution in [-0.2, 0) is 31.9 Å². The van der Waals surface area contributed by atoms with E-state index >= 15 is 0 Å². The van der Waals surface area contributed by atoms with E-state index in [-0.39, 0.29) is 31.9 Å². The summed E-state index contributed by atoms with van der Waals surface area (Å²) >= 11 is 0. The predicted octanol–water partition coefficient (Wildman–Crippen LogP) is 10.5. The van der Waals surface area contributed by atoms with Gasteiger partial charge in [0, 0.05) is 11.8 Å². The van der Waals surface area contributed by atoms with Gasteiger partial charge in [-0.1, -0.05) is 88.9 Å². The number of benzene rings is 3. The molecule has 240 valence electrons. The summed E-state index contributed by atoms with van der Waals surface area (Å²) in [6, 6.07) is 37.0. The Balaban J connectivity index is 0.00000364. The van der Waals surface area contributed by atoms with E-state index in [4.69, 9.17) is 24.1 Å². The molecule has 0 amide bonds. The first kappa shape index (κ1) is 31.8. The third-order valence-electron chi connectivity index (χ3n) is 8.68. The Kier molecular flexibility index (Phi) is 7.75. The molecular formula is C41H34N4O2Pt. The van der Waals surface area contributed by atoms with E-state index in [1.807, 2.05) is 72.9 Å². The Morgan fingerprint density at radius 3 is 2.35 bits per heavy atom. The minimum absolute atomic E-state index is 0. The SMILES string of the molecule is CC(C)(C)c1c[c-]c(-c2cccc(Oc3nc(-c4[c-]ccc5c4oc4ccn6c7ccccc7nc6c45)ccc3C(C)(C)C)n2)cc1.[Pt+2]. The Morgan fingerprint density at radius 2 is 1.58 bits per heavy atom. The summed E-state index contributed by atoms with van der Waals surface area (Å²) < 4.78 is 15.1. The maximum absolute atomic E-state index is 6.51. The number of para-hydroxylation sites is 2. The number of pyridine rings is 3. The van der Waals surface area contributed by atoms with E-state index in [1.165, 1.54) is 5.56 Å². The first-order chi connectivity index (χ1) is 22.5. The molecule has 0 unspecified atom stereocenters. The molecule has 0 spiro atoms. The number of hydrogen-bond acceptors (Lipinski definition) is 5. The molecule has 3 aromatic carbocycles. The van der Waals surface area contributed by atoms with Gasteiger partial charge in [-0.05, 0) is 46.5 Å². The smallest absolute Gasteiger partial charge is 0.500 e. The minimum Gasteiger partial charge on any atom is -0.500 e. The molecule has 0 radical (unpaired) electrons. The molecule has 8 aromatic rings. The number of ether oxygens (including phenoxy) is 1. The van der Waals surface area contributed by atoms with Crippen molar-refractivity contribution in [3.05, 3.63) is 120 Å². The number of fused-ring (bicyclic) bond motifs is 7. The van der Waals surface area contributed by atoms with Crippen molar-refractivity contribution >= 4 is 38.6 Å². The fourth-order valence-electron chi connectivity index (χ4n) is 6.13. The molecule has 0 saturated heterocycles. The molecule has 0 fully saturated rings. The first-order valence-corrected chi connectivity index (χ1v) is 15.9. The van der Waals surface area contributed by atoms with Gasteiger partial charge < -0.3 is 9.15 Å². The van der Waals surface area contributed by atoms with E-state index in [1.54, 1.807) is 0 Å². The molecular weight excluding hydrogens is 776 g/mol. The number of nitrogens with zero attached hydrogens (tertiary/aromatic N) is 4. The van der Waals surface area contributed by atoms with Crippen molar-refractivity contribution in [2.45, 2.75) is 52.4 Å². The van der Waals surface area contributed by atoms with Gasteiger partial charge in [0.25, 0.3) is 0 Å². The zero-order chi connectivity index (χ0) is 32.5. The molecule has 0 bridgehead atoms. The van der Waals surface area contributed by atoms with Crippen LogP contribution in [-0.4, -0.2) is 19.4 Å². The zero-order valence-corrected chi connectivity index (χ0v) is 29.9. The molecule has 0 aliphatic heterocycles. The Labute approximate surface area is 294 Å². The van der Waals surface area contributed by atoms with Crippen molar-refractivity contribution in [3.8, 4) is 34.3 Å². The maximum atomic E-state index is 6.51. The van der Waals surface area contributed by atoms with Gasteiger partial charge in [-0.15, -0.1) is 53.6 Å². The minimum atomic E-state index is -0.224. The molecule has 48 heavy (non-hydrogen) atoms. The Hall–Kier alpha value is -4.80. The topological polar surface area (TPSA) is 65.5 Å². The number of imidazole rings is 1. The summed E-state index contributed by atoms with van der Waals surface area (Å²) in [5.41, 5.74) is 9.50. The second-order valence-electron chi connectivity index (χ2n) is 14.1. The molecule has 5 aromatic heterocycles. The molecule has 0 atom stereocenters. The molecule has 0 N–H and O–H groups in total. The van der Waals surface area contributed by atoms with E-state index < -0.39 is 0 Å². The molecule has 0 saturated carbocycles.